The fourth-order valence-electron chi connectivity index (χ4n) is 5.49. The molecule has 5 rings (SSSR count). The zero-order valence-corrected chi connectivity index (χ0v) is 22.1. The second-order valence-corrected chi connectivity index (χ2v) is 11.1. The Morgan fingerprint density at radius 2 is 1.95 bits per heavy atom. The molecule has 38 heavy (non-hydrogen) atoms. The number of aliphatic carboxylic acids is 1. The number of carboxylic acids is 1. The topological polar surface area (TPSA) is 118 Å². The number of carboxylic acid groups (broad SMARTS) is 1. The van der Waals surface area contributed by atoms with E-state index in [1.165, 1.54) is 6.07 Å². The largest absolute Gasteiger partial charge is 0.494 e. The Morgan fingerprint density at radius 3 is 2.58 bits per heavy atom. The predicted octanol–water partition coefficient (Wildman–Crippen LogP) is 4.57. The van der Waals surface area contributed by atoms with Gasteiger partial charge in [-0.15, -0.1) is 0 Å². The fourth-order valence-corrected chi connectivity index (χ4v) is 5.87. The van der Waals surface area contributed by atoms with Gasteiger partial charge in [0.05, 0.1) is 42.4 Å². The van der Waals surface area contributed by atoms with Crippen molar-refractivity contribution in [3.63, 3.8) is 0 Å². The van der Waals surface area contributed by atoms with E-state index in [1.54, 1.807) is 12.4 Å². The minimum Gasteiger partial charge on any atom is -0.494 e. The number of carbonyl (C=O) groups is 1. The number of fused-ring (bicyclic) bond motifs is 1. The van der Waals surface area contributed by atoms with E-state index < -0.39 is 16.7 Å². The Balaban J connectivity index is 1.35. The van der Waals surface area contributed by atoms with E-state index in [-0.39, 0.29) is 29.4 Å². The van der Waals surface area contributed by atoms with Gasteiger partial charge in [0.15, 0.2) is 0 Å². The molecule has 0 radical (unpaired) electrons. The van der Waals surface area contributed by atoms with Crippen LogP contribution >= 0.6 is 0 Å². The Kier molecular flexibility index (Phi) is 7.34. The first-order valence-electron chi connectivity index (χ1n) is 12.7. The van der Waals surface area contributed by atoms with Gasteiger partial charge >= 0.3 is 5.97 Å². The maximum Gasteiger partial charge on any atom is 0.307 e. The van der Waals surface area contributed by atoms with E-state index in [2.05, 4.69) is 15.3 Å². The highest BCUT2D eigenvalue weighted by atomic mass is 32.2. The van der Waals surface area contributed by atoms with Gasteiger partial charge < -0.3 is 15.2 Å². The van der Waals surface area contributed by atoms with Crippen LogP contribution in [0, 0.1) is 25.6 Å². The molecule has 1 aromatic heterocycles. The molecule has 2 aliphatic rings. The number of nitrogens with zero attached hydrogens (tertiary/aromatic N) is 2. The lowest BCUT2D eigenvalue weighted by atomic mass is 9.90. The lowest BCUT2D eigenvalue weighted by Gasteiger charge is -2.19. The molecule has 2 aliphatic carbocycles. The lowest BCUT2D eigenvalue weighted by Crippen LogP contribution is -2.11. The van der Waals surface area contributed by atoms with E-state index in [1.807, 2.05) is 32.0 Å². The van der Waals surface area contributed by atoms with Gasteiger partial charge in [0, 0.05) is 11.5 Å². The minimum absolute atomic E-state index is 0.0895. The minimum atomic E-state index is -2.40. The molecule has 3 aromatic rings. The van der Waals surface area contributed by atoms with E-state index in [0.29, 0.717) is 55.1 Å². The van der Waals surface area contributed by atoms with Gasteiger partial charge in [0.25, 0.3) is 0 Å². The quantitative estimate of drug-likeness (QED) is 0.253. The van der Waals surface area contributed by atoms with Crippen molar-refractivity contribution in [1.82, 2.24) is 9.97 Å². The molecule has 200 valence electrons. The van der Waals surface area contributed by atoms with Gasteiger partial charge in [-0.25, -0.2) is 17.8 Å². The van der Waals surface area contributed by atoms with Crippen LogP contribution in [0.4, 0.5) is 10.2 Å². The molecular formula is C28H30FN3O5S. The number of aryl methyl sites for hydroxylation is 2. The molecule has 2 N–H and O–H groups in total. The van der Waals surface area contributed by atoms with Gasteiger partial charge in [-0.2, -0.15) is 0 Å². The Hall–Kier alpha value is -3.53. The molecule has 3 atom stereocenters. The summed E-state index contributed by atoms with van der Waals surface area (Å²) in [4.78, 5) is 20.0. The Labute approximate surface area is 222 Å². The average molecular weight is 540 g/mol. The average Bonchev–Trinajstić information content (AvgIpc) is 3.57. The Morgan fingerprint density at radius 1 is 1.18 bits per heavy atom. The molecule has 1 heterocycles. The molecule has 0 aliphatic heterocycles. The van der Waals surface area contributed by atoms with Gasteiger partial charge in [-0.05, 0) is 85.5 Å². The maximum atomic E-state index is 15.1. The SMILES string of the molecule is Cc1cc(OCCC[SH](=O)=O)cc(C)c1-c1ccc(F)c2c1CC[C@H]2Nc1cnc([C@@H]2C[C@H]2C(=O)O)cn1. The zero-order chi connectivity index (χ0) is 27.0. The van der Waals surface area contributed by atoms with Crippen molar-refractivity contribution in [2.24, 2.45) is 5.92 Å². The molecule has 0 unspecified atom stereocenters. The summed E-state index contributed by atoms with van der Waals surface area (Å²) in [6.07, 6.45) is 5.63. The van der Waals surface area contributed by atoms with Crippen molar-refractivity contribution in [3.05, 3.63) is 70.4 Å². The predicted molar refractivity (Wildman–Crippen MR) is 142 cm³/mol. The number of halogens is 1. The summed E-state index contributed by atoms with van der Waals surface area (Å²) in [6.45, 7) is 4.32. The van der Waals surface area contributed by atoms with Crippen molar-refractivity contribution >= 4 is 22.5 Å². The molecule has 0 saturated heterocycles. The van der Waals surface area contributed by atoms with Crippen molar-refractivity contribution in [2.75, 3.05) is 17.7 Å². The monoisotopic (exact) mass is 539 g/mol. The van der Waals surface area contributed by atoms with Crippen molar-refractivity contribution in [2.45, 2.75) is 51.5 Å². The second kappa shape index (κ2) is 10.7. The summed E-state index contributed by atoms with van der Waals surface area (Å²) < 4.78 is 42.4. The molecule has 0 amide bonds. The highest BCUT2D eigenvalue weighted by Crippen LogP contribution is 2.47. The summed E-state index contributed by atoms with van der Waals surface area (Å²) in [5, 5.41) is 12.5. The zero-order valence-electron chi connectivity index (χ0n) is 21.2. The second-order valence-electron chi connectivity index (χ2n) is 10.0. The van der Waals surface area contributed by atoms with Crippen molar-refractivity contribution in [1.29, 1.82) is 0 Å². The normalized spacial score (nSPS) is 19.8. The summed E-state index contributed by atoms with van der Waals surface area (Å²) >= 11 is 0. The number of hydrogen-bond acceptors (Lipinski definition) is 7. The molecule has 10 heteroatoms. The first-order chi connectivity index (χ1) is 18.2. The number of benzene rings is 2. The van der Waals surface area contributed by atoms with E-state index >= 15 is 4.39 Å². The van der Waals surface area contributed by atoms with Crippen LogP contribution in [0.2, 0.25) is 0 Å². The first-order valence-corrected chi connectivity index (χ1v) is 14.1. The molecular weight excluding hydrogens is 509 g/mol. The van der Waals surface area contributed by atoms with Crippen LogP contribution in [0.15, 0.2) is 36.7 Å². The number of anilines is 1. The van der Waals surface area contributed by atoms with Crippen LogP contribution in [0.25, 0.3) is 11.1 Å². The molecule has 1 fully saturated rings. The van der Waals surface area contributed by atoms with Crippen LogP contribution < -0.4 is 10.1 Å². The van der Waals surface area contributed by atoms with E-state index in [4.69, 9.17) is 9.84 Å². The van der Waals surface area contributed by atoms with Crippen LogP contribution in [-0.4, -0.2) is 41.8 Å². The summed E-state index contributed by atoms with van der Waals surface area (Å²) in [5.74, 6) is -0.239. The summed E-state index contributed by atoms with van der Waals surface area (Å²) in [5.41, 5.74) is 6.30. The number of aromatic nitrogens is 2. The molecule has 2 aromatic carbocycles. The van der Waals surface area contributed by atoms with Crippen LogP contribution in [0.3, 0.4) is 0 Å². The number of nitrogens with one attached hydrogen (secondary N) is 1. The van der Waals surface area contributed by atoms with Gasteiger partial charge in [0.2, 0.25) is 0 Å². The van der Waals surface area contributed by atoms with Crippen molar-refractivity contribution < 1.29 is 27.4 Å². The third-order valence-corrected chi connectivity index (χ3v) is 8.03. The summed E-state index contributed by atoms with van der Waals surface area (Å²) in [7, 11) is -2.40. The van der Waals surface area contributed by atoms with Gasteiger partial charge in [0.1, 0.15) is 28.1 Å². The third-order valence-electron chi connectivity index (χ3n) is 7.35. The standard InChI is InChI=1S/C28H30FN3O5S/c1-15-10-17(37-8-3-9-38(35)36)11-16(2)26(15)18-4-6-22(29)27-19(18)5-7-23(27)32-25-14-30-24(13-31-25)20-12-21(20)28(33)34/h4,6,10-11,13-14,20-21,23,38H,3,5,7-9,12H2,1-2H3,(H,31,32)(H,33,34)/t20-,21-,23-/m1/s1. The smallest absolute Gasteiger partial charge is 0.307 e. The maximum absolute atomic E-state index is 15.1. The van der Waals surface area contributed by atoms with Gasteiger partial charge in [-0.3, -0.25) is 9.78 Å². The van der Waals surface area contributed by atoms with Crippen LogP contribution in [0.1, 0.15) is 59.2 Å². The number of ether oxygens (including phenoxy) is 1. The molecule has 0 spiro atoms. The highest BCUT2D eigenvalue weighted by molar-refractivity contribution is 7.72. The van der Waals surface area contributed by atoms with E-state index in [9.17, 15) is 13.2 Å². The molecule has 8 nitrogen and oxygen atoms in total. The van der Waals surface area contributed by atoms with Crippen LogP contribution in [-0.2, 0) is 21.9 Å². The van der Waals surface area contributed by atoms with Gasteiger partial charge in [-0.1, -0.05) is 6.07 Å². The third kappa shape index (κ3) is 5.36. The van der Waals surface area contributed by atoms with E-state index in [0.717, 1.165) is 27.8 Å². The van der Waals surface area contributed by atoms with Crippen molar-refractivity contribution in [3.8, 4) is 16.9 Å². The van der Waals surface area contributed by atoms with Crippen LogP contribution in [0.5, 0.6) is 5.75 Å². The molecule has 1 saturated carbocycles. The lowest BCUT2D eigenvalue weighted by molar-refractivity contribution is -0.138. The highest BCUT2D eigenvalue weighted by Gasteiger charge is 2.45. The summed E-state index contributed by atoms with van der Waals surface area (Å²) in [6, 6.07) is 6.96. The Bertz CT molecular complexity index is 1430. The number of thiol groups is 1. The number of rotatable bonds is 10. The first kappa shape index (κ1) is 26.1. The molecule has 0 bridgehead atoms. The number of hydrogen-bond donors (Lipinski definition) is 3. The fraction of sp³-hybridized carbons (Fsp3) is 0.393.